The van der Waals surface area contributed by atoms with Crippen LogP contribution in [0.5, 0.6) is 11.5 Å². The summed E-state index contributed by atoms with van der Waals surface area (Å²) in [6.45, 7) is 3.08. The van der Waals surface area contributed by atoms with Gasteiger partial charge in [0.25, 0.3) is 5.69 Å². The molecule has 1 heterocycles. The number of ether oxygens (including phenoxy) is 2. The highest BCUT2D eigenvalue weighted by Gasteiger charge is 2.15. The van der Waals surface area contributed by atoms with Gasteiger partial charge in [-0.15, -0.1) is 0 Å². The molecular weight excluding hydrogens is 342 g/mol. The molecule has 0 amide bonds. The molecule has 130 valence electrons. The molecule has 0 saturated heterocycles. The number of nitro benzene ring substituents is 1. The van der Waals surface area contributed by atoms with Gasteiger partial charge in [-0.25, -0.2) is 0 Å². The fraction of sp³-hybridized carbons (Fsp3) is 0.235. The molecule has 1 aliphatic rings. The van der Waals surface area contributed by atoms with Crippen molar-refractivity contribution in [3.63, 3.8) is 0 Å². The fourth-order valence-corrected chi connectivity index (χ4v) is 2.74. The third-order valence-electron chi connectivity index (χ3n) is 3.75. The van der Waals surface area contributed by atoms with Gasteiger partial charge < -0.3 is 20.1 Å². The Balaban J connectivity index is 1.61. The average Bonchev–Trinajstić information content (AvgIpc) is 2.61. The lowest BCUT2D eigenvalue weighted by atomic mass is 10.1. The molecule has 7 nitrogen and oxygen atoms in total. The second kappa shape index (κ2) is 7.35. The van der Waals surface area contributed by atoms with Gasteiger partial charge in [0.15, 0.2) is 16.6 Å². The molecule has 8 heteroatoms. The monoisotopic (exact) mass is 359 g/mol. The fourth-order valence-electron chi connectivity index (χ4n) is 2.44. The maximum atomic E-state index is 10.7. The highest BCUT2D eigenvalue weighted by Crippen LogP contribution is 2.32. The summed E-state index contributed by atoms with van der Waals surface area (Å²) in [6, 6.07) is 11.8. The Hall–Kier alpha value is -2.87. The van der Waals surface area contributed by atoms with Crippen LogP contribution in [0.3, 0.4) is 0 Å². The average molecular weight is 359 g/mol. The van der Waals surface area contributed by atoms with Crippen molar-refractivity contribution in [1.82, 2.24) is 5.32 Å². The number of anilines is 1. The van der Waals surface area contributed by atoms with Gasteiger partial charge in [-0.05, 0) is 49.0 Å². The van der Waals surface area contributed by atoms with E-state index >= 15 is 0 Å². The molecule has 1 aliphatic heterocycles. The van der Waals surface area contributed by atoms with E-state index < -0.39 is 4.92 Å². The number of thiocarbonyl (C=S) groups is 1. The van der Waals surface area contributed by atoms with E-state index in [1.165, 1.54) is 12.1 Å². The molecule has 0 aliphatic carbocycles. The zero-order valence-electron chi connectivity index (χ0n) is 13.5. The first-order chi connectivity index (χ1) is 12.0. The Bertz CT molecular complexity index is 795. The van der Waals surface area contributed by atoms with Gasteiger partial charge in [0.1, 0.15) is 13.2 Å². The van der Waals surface area contributed by atoms with Gasteiger partial charge in [0.2, 0.25) is 0 Å². The van der Waals surface area contributed by atoms with Crippen molar-refractivity contribution in [2.45, 2.75) is 13.0 Å². The van der Waals surface area contributed by atoms with Gasteiger partial charge in [-0.2, -0.15) is 0 Å². The highest BCUT2D eigenvalue weighted by atomic mass is 32.1. The minimum Gasteiger partial charge on any atom is -0.486 e. The second-order valence-electron chi connectivity index (χ2n) is 5.53. The maximum absolute atomic E-state index is 10.7. The van der Waals surface area contributed by atoms with Crippen molar-refractivity contribution >= 4 is 28.7 Å². The van der Waals surface area contributed by atoms with Crippen molar-refractivity contribution in [1.29, 1.82) is 0 Å². The lowest BCUT2D eigenvalue weighted by Gasteiger charge is -2.22. The zero-order valence-corrected chi connectivity index (χ0v) is 14.3. The molecule has 0 fully saturated rings. The van der Waals surface area contributed by atoms with Gasteiger partial charge >= 0.3 is 0 Å². The Morgan fingerprint density at radius 1 is 1.16 bits per heavy atom. The van der Waals surface area contributed by atoms with E-state index in [1.807, 2.05) is 25.1 Å². The Labute approximate surface area is 150 Å². The van der Waals surface area contributed by atoms with Crippen molar-refractivity contribution in [3.05, 3.63) is 58.1 Å². The molecule has 2 aromatic carbocycles. The predicted molar refractivity (Wildman–Crippen MR) is 98.3 cm³/mol. The van der Waals surface area contributed by atoms with Crippen LogP contribution in [0.25, 0.3) is 0 Å². The molecule has 0 bridgehead atoms. The molecule has 2 N–H and O–H groups in total. The van der Waals surface area contributed by atoms with Crippen molar-refractivity contribution in [2.75, 3.05) is 18.5 Å². The number of rotatable bonds is 4. The van der Waals surface area contributed by atoms with E-state index in [0.29, 0.717) is 24.0 Å². The summed E-state index contributed by atoms with van der Waals surface area (Å²) in [4.78, 5) is 10.2. The highest BCUT2D eigenvalue weighted by molar-refractivity contribution is 7.80. The largest absolute Gasteiger partial charge is 0.486 e. The summed E-state index contributed by atoms with van der Waals surface area (Å²) in [7, 11) is 0. The van der Waals surface area contributed by atoms with E-state index in [-0.39, 0.29) is 11.7 Å². The lowest BCUT2D eigenvalue weighted by Crippen LogP contribution is -2.31. The quantitative estimate of drug-likeness (QED) is 0.491. The van der Waals surface area contributed by atoms with Crippen molar-refractivity contribution < 1.29 is 14.4 Å². The number of non-ortho nitro benzene ring substituents is 1. The first-order valence-electron chi connectivity index (χ1n) is 7.74. The summed E-state index contributed by atoms with van der Waals surface area (Å²) in [5.74, 6) is 1.47. The van der Waals surface area contributed by atoms with Crippen LogP contribution in [0.2, 0.25) is 0 Å². The third-order valence-corrected chi connectivity index (χ3v) is 3.97. The van der Waals surface area contributed by atoms with Crippen LogP contribution < -0.4 is 20.1 Å². The number of fused-ring (bicyclic) bond motifs is 1. The molecule has 0 spiro atoms. The maximum Gasteiger partial charge on any atom is 0.269 e. The van der Waals surface area contributed by atoms with Gasteiger partial charge in [0.05, 0.1) is 11.0 Å². The van der Waals surface area contributed by atoms with Crippen molar-refractivity contribution in [3.8, 4) is 11.5 Å². The first-order valence-corrected chi connectivity index (χ1v) is 8.15. The smallest absolute Gasteiger partial charge is 0.269 e. The van der Waals surface area contributed by atoms with E-state index in [1.54, 1.807) is 12.1 Å². The number of hydrogen-bond acceptors (Lipinski definition) is 5. The molecule has 0 radical (unpaired) electrons. The molecular formula is C17H17N3O4S. The first kappa shape index (κ1) is 17.0. The molecule has 0 unspecified atom stereocenters. The van der Waals surface area contributed by atoms with Gasteiger partial charge in [0, 0.05) is 17.8 Å². The number of nitrogens with one attached hydrogen (secondary N) is 2. The Kier molecular flexibility index (Phi) is 4.99. The van der Waals surface area contributed by atoms with Gasteiger partial charge in [-0.1, -0.05) is 6.07 Å². The molecule has 3 rings (SSSR count). The van der Waals surface area contributed by atoms with Crippen LogP contribution in [0.15, 0.2) is 42.5 Å². The summed E-state index contributed by atoms with van der Waals surface area (Å²) in [5, 5.41) is 17.3. The summed E-state index contributed by atoms with van der Waals surface area (Å²) < 4.78 is 11.1. The Morgan fingerprint density at radius 3 is 2.52 bits per heavy atom. The zero-order chi connectivity index (χ0) is 17.8. The Morgan fingerprint density at radius 2 is 1.84 bits per heavy atom. The van der Waals surface area contributed by atoms with E-state index in [0.717, 1.165) is 17.1 Å². The normalized spacial score (nSPS) is 13.6. The SMILES string of the molecule is C[C@@H](NC(=S)Nc1ccc([N+](=O)[O-])cc1)c1ccc2c(c1)OCCO2. The minimum absolute atomic E-state index is 0.0362. The number of hydrogen-bond donors (Lipinski definition) is 2. The van der Waals surface area contributed by atoms with Crippen LogP contribution in [0.4, 0.5) is 11.4 Å². The van der Waals surface area contributed by atoms with E-state index in [9.17, 15) is 10.1 Å². The molecule has 25 heavy (non-hydrogen) atoms. The number of benzene rings is 2. The number of nitro groups is 1. The third kappa shape index (κ3) is 4.16. The summed E-state index contributed by atoms with van der Waals surface area (Å²) in [5.41, 5.74) is 1.73. The molecule has 0 aromatic heterocycles. The lowest BCUT2D eigenvalue weighted by molar-refractivity contribution is -0.384. The van der Waals surface area contributed by atoms with Crippen LogP contribution in [0.1, 0.15) is 18.5 Å². The summed E-state index contributed by atoms with van der Waals surface area (Å²) >= 11 is 5.31. The van der Waals surface area contributed by atoms with Crippen LogP contribution in [-0.2, 0) is 0 Å². The minimum atomic E-state index is -0.440. The van der Waals surface area contributed by atoms with Crippen LogP contribution in [-0.4, -0.2) is 23.2 Å². The van der Waals surface area contributed by atoms with Crippen LogP contribution >= 0.6 is 12.2 Å². The van der Waals surface area contributed by atoms with E-state index in [4.69, 9.17) is 21.7 Å². The topological polar surface area (TPSA) is 85.7 Å². The number of nitrogens with zero attached hydrogens (tertiary/aromatic N) is 1. The van der Waals surface area contributed by atoms with Crippen molar-refractivity contribution in [2.24, 2.45) is 0 Å². The molecule has 1 atom stereocenters. The van der Waals surface area contributed by atoms with Gasteiger partial charge in [-0.3, -0.25) is 10.1 Å². The van der Waals surface area contributed by atoms with E-state index in [2.05, 4.69) is 10.6 Å². The summed E-state index contributed by atoms with van der Waals surface area (Å²) in [6.07, 6.45) is 0. The second-order valence-corrected chi connectivity index (χ2v) is 5.94. The standard InChI is InChI=1S/C17H17N3O4S/c1-11(12-2-7-15-16(10-12)24-9-8-23-15)18-17(25)19-13-3-5-14(6-4-13)20(21)22/h2-7,10-11H,8-9H2,1H3,(H2,18,19,25)/t11-/m1/s1. The predicted octanol–water partition coefficient (Wildman–Crippen LogP) is 3.41. The molecule has 2 aromatic rings. The van der Waals surface area contributed by atoms with Crippen LogP contribution in [0, 0.1) is 10.1 Å². The molecule has 0 saturated carbocycles.